The van der Waals surface area contributed by atoms with Crippen LogP contribution in [0.1, 0.15) is 12.0 Å². The first-order chi connectivity index (χ1) is 10.3. The lowest BCUT2D eigenvalue weighted by Crippen LogP contribution is -2.40. The minimum Gasteiger partial charge on any atom is -0.484 e. The molecule has 1 aliphatic rings. The topological polar surface area (TPSA) is 70.6 Å². The van der Waals surface area contributed by atoms with E-state index in [1.54, 1.807) is 12.1 Å². The summed E-state index contributed by atoms with van der Waals surface area (Å²) in [7, 11) is 0. The number of hydrogen-bond acceptors (Lipinski definition) is 4. The van der Waals surface area contributed by atoms with Crippen molar-refractivity contribution in [1.29, 1.82) is 0 Å². The van der Waals surface area contributed by atoms with Gasteiger partial charge in [0, 0.05) is 13.1 Å². The van der Waals surface area contributed by atoms with Crippen molar-refractivity contribution in [3.63, 3.8) is 0 Å². The normalized spacial score (nSPS) is 21.6. The molecule has 2 atom stereocenters. The second-order valence-corrected chi connectivity index (χ2v) is 5.12. The molecule has 5 nitrogen and oxygen atoms in total. The molecule has 0 saturated carbocycles. The second-order valence-electron chi connectivity index (χ2n) is 5.12. The maximum absolute atomic E-state index is 12.1. The van der Waals surface area contributed by atoms with Crippen LogP contribution in [0.3, 0.4) is 0 Å². The highest BCUT2D eigenvalue weighted by Crippen LogP contribution is 2.19. The Bertz CT molecular complexity index is 522. The molecule has 8 heteroatoms. The first-order valence-electron chi connectivity index (χ1n) is 6.81. The molecule has 0 aliphatic carbocycles. The van der Waals surface area contributed by atoms with Crippen molar-refractivity contribution in [2.75, 3.05) is 13.2 Å². The standard InChI is InChI=1S/C14H17F3N2O3/c15-14(16,17)8-22-11-3-1-2-9(4-11)6-19-13(21)12-5-10(20)7-18-12/h1-4,10,12,18,20H,5-8H2,(H,19,21). The summed E-state index contributed by atoms with van der Waals surface area (Å²) in [5.41, 5.74) is 0.631. The van der Waals surface area contributed by atoms with Gasteiger partial charge in [-0.2, -0.15) is 13.2 Å². The summed E-state index contributed by atoms with van der Waals surface area (Å²) in [5.74, 6) is -0.156. The van der Waals surface area contributed by atoms with Crippen LogP contribution in [0.25, 0.3) is 0 Å². The minimum absolute atomic E-state index is 0.0958. The number of halogens is 3. The van der Waals surface area contributed by atoms with Gasteiger partial charge in [-0.25, -0.2) is 0 Å². The summed E-state index contributed by atoms with van der Waals surface area (Å²) < 4.78 is 40.9. The number of hydrogen-bond donors (Lipinski definition) is 3. The van der Waals surface area contributed by atoms with Crippen LogP contribution in [0.15, 0.2) is 24.3 Å². The summed E-state index contributed by atoms with van der Waals surface area (Å²) >= 11 is 0. The largest absolute Gasteiger partial charge is 0.484 e. The number of carbonyl (C=O) groups is 1. The van der Waals surface area contributed by atoms with Crippen molar-refractivity contribution < 1.29 is 27.8 Å². The molecular formula is C14H17F3N2O3. The quantitative estimate of drug-likeness (QED) is 0.756. The van der Waals surface area contributed by atoms with E-state index in [4.69, 9.17) is 0 Å². The fourth-order valence-corrected chi connectivity index (χ4v) is 2.14. The lowest BCUT2D eigenvalue weighted by atomic mass is 10.1. The molecule has 1 saturated heterocycles. The lowest BCUT2D eigenvalue weighted by Gasteiger charge is -2.12. The Hall–Kier alpha value is -1.80. The number of aliphatic hydroxyl groups excluding tert-OH is 1. The number of carbonyl (C=O) groups excluding carboxylic acids is 1. The van der Waals surface area contributed by atoms with Gasteiger partial charge in [-0.1, -0.05) is 12.1 Å². The van der Waals surface area contributed by atoms with Gasteiger partial charge in [0.05, 0.1) is 12.1 Å². The fraction of sp³-hybridized carbons (Fsp3) is 0.500. The average molecular weight is 318 g/mol. The number of rotatable bonds is 5. The van der Waals surface area contributed by atoms with Gasteiger partial charge in [-0.3, -0.25) is 4.79 Å². The average Bonchev–Trinajstić information content (AvgIpc) is 2.89. The van der Waals surface area contributed by atoms with Crippen molar-refractivity contribution in [3.8, 4) is 5.75 Å². The van der Waals surface area contributed by atoms with Crippen LogP contribution >= 0.6 is 0 Å². The SMILES string of the molecule is O=C(NCc1cccc(OCC(F)(F)F)c1)C1CC(O)CN1. The first-order valence-corrected chi connectivity index (χ1v) is 6.81. The van der Waals surface area contributed by atoms with Crippen molar-refractivity contribution in [2.24, 2.45) is 0 Å². The molecule has 1 heterocycles. The van der Waals surface area contributed by atoms with Gasteiger partial charge in [0.1, 0.15) is 5.75 Å². The van der Waals surface area contributed by atoms with Gasteiger partial charge in [-0.05, 0) is 24.1 Å². The van der Waals surface area contributed by atoms with Gasteiger partial charge >= 0.3 is 6.18 Å². The smallest absolute Gasteiger partial charge is 0.422 e. The molecule has 0 bridgehead atoms. The number of ether oxygens (including phenoxy) is 1. The fourth-order valence-electron chi connectivity index (χ4n) is 2.14. The molecule has 0 spiro atoms. The molecule has 1 aromatic rings. The van der Waals surface area contributed by atoms with Crippen LogP contribution in [0.2, 0.25) is 0 Å². The first kappa shape index (κ1) is 16.6. The van der Waals surface area contributed by atoms with Crippen LogP contribution in [0.5, 0.6) is 5.75 Å². The van der Waals surface area contributed by atoms with Crippen LogP contribution in [-0.4, -0.2) is 42.5 Å². The van der Waals surface area contributed by atoms with Crippen LogP contribution in [0.4, 0.5) is 13.2 Å². The summed E-state index contributed by atoms with van der Waals surface area (Å²) in [6, 6.07) is 5.66. The molecule has 2 rings (SSSR count). The van der Waals surface area contributed by atoms with E-state index in [2.05, 4.69) is 15.4 Å². The van der Waals surface area contributed by atoms with E-state index in [9.17, 15) is 23.1 Å². The molecule has 1 amide bonds. The molecule has 0 aromatic heterocycles. The molecule has 3 N–H and O–H groups in total. The van der Waals surface area contributed by atoms with E-state index >= 15 is 0 Å². The molecular weight excluding hydrogens is 301 g/mol. The molecule has 22 heavy (non-hydrogen) atoms. The van der Waals surface area contributed by atoms with Gasteiger partial charge in [0.2, 0.25) is 5.91 Å². The van der Waals surface area contributed by atoms with E-state index < -0.39 is 24.9 Å². The van der Waals surface area contributed by atoms with Gasteiger partial charge in [-0.15, -0.1) is 0 Å². The molecule has 0 radical (unpaired) electrons. The Morgan fingerprint density at radius 1 is 1.45 bits per heavy atom. The highest BCUT2D eigenvalue weighted by molar-refractivity contribution is 5.82. The minimum atomic E-state index is -4.39. The van der Waals surface area contributed by atoms with E-state index in [1.165, 1.54) is 12.1 Å². The van der Waals surface area contributed by atoms with Crippen molar-refractivity contribution in [1.82, 2.24) is 10.6 Å². The van der Waals surface area contributed by atoms with Crippen molar-refractivity contribution >= 4 is 5.91 Å². The number of β-amino-alcohol motifs (C(OH)–C–C–N with tert-alkyl or cyclic N) is 1. The third-order valence-corrected chi connectivity index (χ3v) is 3.19. The number of amides is 1. The lowest BCUT2D eigenvalue weighted by molar-refractivity contribution is -0.153. The van der Waals surface area contributed by atoms with Crippen LogP contribution < -0.4 is 15.4 Å². The number of alkyl halides is 3. The van der Waals surface area contributed by atoms with E-state index in [-0.39, 0.29) is 18.2 Å². The zero-order valence-electron chi connectivity index (χ0n) is 11.7. The predicted octanol–water partition coefficient (Wildman–Crippen LogP) is 0.967. The molecule has 1 aliphatic heterocycles. The van der Waals surface area contributed by atoms with Gasteiger partial charge in [0.25, 0.3) is 0 Å². The van der Waals surface area contributed by atoms with Crippen LogP contribution in [-0.2, 0) is 11.3 Å². The Balaban J connectivity index is 1.84. The maximum atomic E-state index is 12.1. The zero-order chi connectivity index (χ0) is 16.2. The summed E-state index contributed by atoms with van der Waals surface area (Å²) in [5, 5.41) is 14.9. The van der Waals surface area contributed by atoms with Gasteiger partial charge in [0.15, 0.2) is 6.61 Å². The Morgan fingerprint density at radius 3 is 2.86 bits per heavy atom. The number of aliphatic hydroxyl groups is 1. The Kier molecular flexibility index (Phi) is 5.25. The summed E-state index contributed by atoms with van der Waals surface area (Å²) in [6.07, 6.45) is -4.57. The van der Waals surface area contributed by atoms with Crippen LogP contribution in [0, 0.1) is 0 Å². The Labute approximate surface area is 125 Å². The molecule has 2 unspecified atom stereocenters. The van der Waals surface area contributed by atoms with Crippen molar-refractivity contribution in [2.45, 2.75) is 31.3 Å². The van der Waals surface area contributed by atoms with Crippen molar-refractivity contribution in [3.05, 3.63) is 29.8 Å². The summed E-state index contributed by atoms with van der Waals surface area (Å²) in [4.78, 5) is 11.8. The highest BCUT2D eigenvalue weighted by atomic mass is 19.4. The third kappa shape index (κ3) is 5.19. The molecule has 1 aromatic carbocycles. The third-order valence-electron chi connectivity index (χ3n) is 3.19. The monoisotopic (exact) mass is 318 g/mol. The van der Waals surface area contributed by atoms with Gasteiger partial charge < -0.3 is 20.5 Å². The number of benzene rings is 1. The number of nitrogens with one attached hydrogen (secondary N) is 2. The summed E-state index contributed by atoms with van der Waals surface area (Å²) in [6.45, 7) is -0.804. The molecule has 122 valence electrons. The molecule has 1 fully saturated rings. The zero-order valence-corrected chi connectivity index (χ0v) is 11.7. The van der Waals surface area contributed by atoms with E-state index in [1.807, 2.05) is 0 Å². The predicted molar refractivity (Wildman–Crippen MR) is 72.3 cm³/mol. The Morgan fingerprint density at radius 2 is 2.23 bits per heavy atom. The highest BCUT2D eigenvalue weighted by Gasteiger charge is 2.29. The van der Waals surface area contributed by atoms with E-state index in [0.29, 0.717) is 18.5 Å². The maximum Gasteiger partial charge on any atom is 0.422 e. The van der Waals surface area contributed by atoms with E-state index in [0.717, 1.165) is 0 Å². The second kappa shape index (κ2) is 6.97.